The number of carbonyl (C=O) groups is 2. The Bertz CT molecular complexity index is 1120. The Morgan fingerprint density at radius 2 is 1.62 bits per heavy atom. The van der Waals surface area contributed by atoms with Crippen LogP contribution in [-0.2, 0) is 19.6 Å². The zero-order valence-corrected chi connectivity index (χ0v) is 20.0. The second kappa shape index (κ2) is 10.1. The number of hydrogen-bond acceptors (Lipinski definition) is 5. The maximum absolute atomic E-state index is 13.0. The summed E-state index contributed by atoms with van der Waals surface area (Å²) in [4.78, 5) is 25.9. The molecule has 2 N–H and O–H groups in total. The molecule has 1 amide bonds. The van der Waals surface area contributed by atoms with Gasteiger partial charge in [0.05, 0.1) is 12.0 Å². The maximum Gasteiger partial charge on any atom is 0.322 e. The molecule has 182 valence electrons. The molecular weight excluding hydrogens is 456 g/mol. The zero-order chi connectivity index (χ0) is 24.3. The van der Waals surface area contributed by atoms with Gasteiger partial charge < -0.3 is 14.7 Å². The van der Waals surface area contributed by atoms with Gasteiger partial charge in [-0.25, -0.2) is 8.42 Å². The van der Waals surface area contributed by atoms with E-state index in [2.05, 4.69) is 4.72 Å². The number of rotatable bonds is 8. The van der Waals surface area contributed by atoms with Gasteiger partial charge in [0, 0.05) is 19.0 Å². The van der Waals surface area contributed by atoms with Crippen molar-refractivity contribution in [3.8, 4) is 16.9 Å². The molecule has 9 heteroatoms. The molecule has 2 fully saturated rings. The summed E-state index contributed by atoms with van der Waals surface area (Å²) < 4.78 is 33.6. The zero-order valence-electron chi connectivity index (χ0n) is 19.1. The number of amides is 1. The van der Waals surface area contributed by atoms with Gasteiger partial charge in [0.1, 0.15) is 11.8 Å². The molecule has 1 atom stereocenters. The number of carbonyl (C=O) groups excluding carboxylic acids is 1. The Kier molecular flexibility index (Phi) is 7.23. The summed E-state index contributed by atoms with van der Waals surface area (Å²) in [5.74, 6) is -0.608. The predicted octanol–water partition coefficient (Wildman–Crippen LogP) is 3.27. The molecule has 0 spiro atoms. The standard InChI is InChI=1S/C25H30N2O6S/c1-33-21-12-6-17(7-13-21)18-8-14-22(15-9-18)34(31,32)26-24(25(29)30)19-4-10-20(11-5-19)27-16-2-3-23(27)28/h6-9,12-15,19-20,24,26H,2-5,10-11,16H2,1H3,(H,29,30)/t19?,20?,24-/m1/s1. The highest BCUT2D eigenvalue weighted by Gasteiger charge is 2.38. The average Bonchev–Trinajstić information content (AvgIpc) is 3.28. The van der Waals surface area contributed by atoms with Crippen LogP contribution < -0.4 is 9.46 Å². The number of carboxylic acid groups (broad SMARTS) is 1. The highest BCUT2D eigenvalue weighted by Crippen LogP contribution is 2.32. The monoisotopic (exact) mass is 486 g/mol. The third-order valence-electron chi connectivity index (χ3n) is 6.90. The number of methoxy groups -OCH3 is 1. The third-order valence-corrected chi connectivity index (χ3v) is 8.36. The number of hydrogen-bond donors (Lipinski definition) is 2. The van der Waals surface area contributed by atoms with Gasteiger partial charge in [-0.15, -0.1) is 0 Å². The first-order chi connectivity index (χ1) is 16.3. The molecule has 0 bridgehead atoms. The van der Waals surface area contributed by atoms with Crippen LogP contribution in [0.1, 0.15) is 38.5 Å². The van der Waals surface area contributed by atoms with Gasteiger partial charge in [-0.05, 0) is 73.4 Å². The quantitative estimate of drug-likeness (QED) is 0.592. The summed E-state index contributed by atoms with van der Waals surface area (Å²) in [6.45, 7) is 0.760. The van der Waals surface area contributed by atoms with Gasteiger partial charge in [0.15, 0.2) is 0 Å². The van der Waals surface area contributed by atoms with E-state index in [9.17, 15) is 23.1 Å². The smallest absolute Gasteiger partial charge is 0.322 e. The van der Waals surface area contributed by atoms with Gasteiger partial charge in [-0.1, -0.05) is 24.3 Å². The van der Waals surface area contributed by atoms with Crippen LogP contribution in [0, 0.1) is 5.92 Å². The number of nitrogens with zero attached hydrogens (tertiary/aromatic N) is 1. The Morgan fingerprint density at radius 1 is 1.03 bits per heavy atom. The predicted molar refractivity (Wildman–Crippen MR) is 127 cm³/mol. The van der Waals surface area contributed by atoms with Crippen LogP contribution in [0.3, 0.4) is 0 Å². The Hall–Kier alpha value is -2.91. The topological polar surface area (TPSA) is 113 Å². The molecular formula is C25H30N2O6S. The number of aliphatic carboxylic acids is 1. The summed E-state index contributed by atoms with van der Waals surface area (Å²) in [7, 11) is -2.43. The highest BCUT2D eigenvalue weighted by molar-refractivity contribution is 7.89. The van der Waals surface area contributed by atoms with Gasteiger partial charge in [0.25, 0.3) is 0 Å². The number of nitrogens with one attached hydrogen (secondary N) is 1. The molecule has 1 heterocycles. The fourth-order valence-corrected chi connectivity index (χ4v) is 6.25. The molecule has 2 aliphatic rings. The lowest BCUT2D eigenvalue weighted by atomic mass is 9.81. The van der Waals surface area contributed by atoms with Gasteiger partial charge in [0.2, 0.25) is 15.9 Å². The van der Waals surface area contributed by atoms with E-state index in [0.29, 0.717) is 32.1 Å². The summed E-state index contributed by atoms with van der Waals surface area (Å²) in [6, 6.07) is 12.7. The normalized spacial score (nSPS) is 21.9. The molecule has 1 saturated carbocycles. The number of benzene rings is 2. The fourth-order valence-electron chi connectivity index (χ4n) is 5.00. The van der Waals surface area contributed by atoms with E-state index in [-0.39, 0.29) is 22.8 Å². The summed E-state index contributed by atoms with van der Waals surface area (Å²) in [5.41, 5.74) is 1.75. The Labute approximate surface area is 200 Å². The van der Waals surface area contributed by atoms with Crippen LogP contribution in [-0.4, -0.2) is 56.0 Å². The van der Waals surface area contributed by atoms with E-state index < -0.39 is 22.0 Å². The minimum atomic E-state index is -4.02. The van der Waals surface area contributed by atoms with Crippen molar-refractivity contribution in [3.63, 3.8) is 0 Å². The molecule has 0 aromatic heterocycles. The molecule has 1 aliphatic heterocycles. The van der Waals surface area contributed by atoms with E-state index in [1.807, 2.05) is 29.2 Å². The molecule has 2 aromatic carbocycles. The van der Waals surface area contributed by atoms with Crippen molar-refractivity contribution in [2.75, 3.05) is 13.7 Å². The summed E-state index contributed by atoms with van der Waals surface area (Å²) in [6.07, 6.45) is 3.95. The van der Waals surface area contributed by atoms with Crippen molar-refractivity contribution >= 4 is 21.9 Å². The first kappa shape index (κ1) is 24.2. The second-order valence-electron chi connectivity index (χ2n) is 8.95. The second-order valence-corrected chi connectivity index (χ2v) is 10.7. The molecule has 34 heavy (non-hydrogen) atoms. The first-order valence-corrected chi connectivity index (χ1v) is 13.1. The molecule has 2 aromatic rings. The van der Waals surface area contributed by atoms with E-state index in [4.69, 9.17) is 4.74 Å². The van der Waals surface area contributed by atoms with Crippen LogP contribution in [0.15, 0.2) is 53.4 Å². The van der Waals surface area contributed by atoms with Crippen LogP contribution in [0.5, 0.6) is 5.75 Å². The SMILES string of the molecule is COc1ccc(-c2ccc(S(=O)(=O)N[C@@H](C(=O)O)C3CCC(N4CCCC4=O)CC3)cc2)cc1. The third kappa shape index (κ3) is 5.26. The number of carboxylic acids is 1. The van der Waals surface area contributed by atoms with Crippen LogP contribution in [0.2, 0.25) is 0 Å². The van der Waals surface area contributed by atoms with Crippen molar-refractivity contribution < 1.29 is 27.9 Å². The molecule has 0 radical (unpaired) electrons. The molecule has 0 unspecified atom stereocenters. The number of ether oxygens (including phenoxy) is 1. The van der Waals surface area contributed by atoms with Crippen molar-refractivity contribution in [2.24, 2.45) is 5.92 Å². The average molecular weight is 487 g/mol. The van der Waals surface area contributed by atoms with E-state index in [1.54, 1.807) is 19.2 Å². The minimum absolute atomic E-state index is 0.0207. The van der Waals surface area contributed by atoms with Gasteiger partial charge >= 0.3 is 5.97 Å². The molecule has 1 aliphatic carbocycles. The largest absolute Gasteiger partial charge is 0.497 e. The molecule has 1 saturated heterocycles. The minimum Gasteiger partial charge on any atom is -0.497 e. The Morgan fingerprint density at radius 3 is 2.12 bits per heavy atom. The van der Waals surface area contributed by atoms with Crippen LogP contribution >= 0.6 is 0 Å². The maximum atomic E-state index is 13.0. The fraction of sp³-hybridized carbons (Fsp3) is 0.440. The van der Waals surface area contributed by atoms with Crippen LogP contribution in [0.25, 0.3) is 11.1 Å². The highest BCUT2D eigenvalue weighted by atomic mass is 32.2. The van der Waals surface area contributed by atoms with Gasteiger partial charge in [-0.2, -0.15) is 4.72 Å². The summed E-state index contributed by atoms with van der Waals surface area (Å²) >= 11 is 0. The van der Waals surface area contributed by atoms with Crippen molar-refractivity contribution in [1.29, 1.82) is 0 Å². The summed E-state index contributed by atoms with van der Waals surface area (Å²) in [5, 5.41) is 9.79. The van der Waals surface area contributed by atoms with Crippen molar-refractivity contribution in [1.82, 2.24) is 9.62 Å². The lowest BCUT2D eigenvalue weighted by Gasteiger charge is -2.36. The molecule has 8 nitrogen and oxygen atoms in total. The van der Waals surface area contributed by atoms with E-state index in [1.165, 1.54) is 12.1 Å². The van der Waals surface area contributed by atoms with Gasteiger partial charge in [-0.3, -0.25) is 9.59 Å². The Balaban J connectivity index is 1.42. The van der Waals surface area contributed by atoms with Crippen molar-refractivity contribution in [2.45, 2.75) is 55.5 Å². The lowest BCUT2D eigenvalue weighted by Crippen LogP contribution is -2.48. The number of likely N-dealkylation sites (tertiary alicyclic amines) is 1. The first-order valence-electron chi connectivity index (χ1n) is 11.6. The lowest BCUT2D eigenvalue weighted by molar-refractivity contribution is -0.141. The number of sulfonamides is 1. The van der Waals surface area contributed by atoms with Crippen LogP contribution in [0.4, 0.5) is 0 Å². The molecule has 4 rings (SSSR count). The van der Waals surface area contributed by atoms with E-state index in [0.717, 1.165) is 29.8 Å². The van der Waals surface area contributed by atoms with E-state index >= 15 is 0 Å². The van der Waals surface area contributed by atoms with Crippen molar-refractivity contribution in [3.05, 3.63) is 48.5 Å².